The highest BCUT2D eigenvalue weighted by Crippen LogP contribution is 2.20. The topological polar surface area (TPSA) is 87.1 Å². The van der Waals surface area contributed by atoms with Gasteiger partial charge in [0.05, 0.1) is 18.5 Å². The van der Waals surface area contributed by atoms with Crippen LogP contribution in [0.2, 0.25) is 0 Å². The molecule has 142 valence electrons. The zero-order chi connectivity index (χ0) is 18.8. The summed E-state index contributed by atoms with van der Waals surface area (Å²) in [7, 11) is 0. The Labute approximate surface area is 157 Å². The van der Waals surface area contributed by atoms with Crippen LogP contribution in [0.4, 0.5) is 0 Å². The molecule has 1 aliphatic rings. The molecule has 0 spiro atoms. The van der Waals surface area contributed by atoms with Crippen molar-refractivity contribution in [3.63, 3.8) is 0 Å². The van der Waals surface area contributed by atoms with Crippen LogP contribution in [0.5, 0.6) is 0 Å². The number of rotatable bonds is 5. The second-order valence-corrected chi connectivity index (χ2v) is 6.80. The minimum absolute atomic E-state index is 0.0476. The lowest BCUT2D eigenvalue weighted by atomic mass is 10.1. The molecule has 1 amide bonds. The van der Waals surface area contributed by atoms with Crippen molar-refractivity contribution in [3.05, 3.63) is 54.0 Å². The van der Waals surface area contributed by atoms with Gasteiger partial charge in [-0.3, -0.25) is 14.1 Å². The second-order valence-electron chi connectivity index (χ2n) is 6.80. The van der Waals surface area contributed by atoms with Gasteiger partial charge in [0.25, 0.3) is 5.91 Å². The summed E-state index contributed by atoms with van der Waals surface area (Å²) in [6.45, 7) is 4.50. The summed E-state index contributed by atoms with van der Waals surface area (Å²) in [6, 6.07) is 5.69. The molecule has 1 fully saturated rings. The van der Waals surface area contributed by atoms with Crippen LogP contribution in [0.15, 0.2) is 41.3 Å². The number of amides is 1. The molecule has 27 heavy (non-hydrogen) atoms. The third-order valence-corrected chi connectivity index (χ3v) is 5.07. The number of piperazine rings is 1. The van der Waals surface area contributed by atoms with Gasteiger partial charge in [0.1, 0.15) is 11.5 Å². The van der Waals surface area contributed by atoms with Crippen LogP contribution < -0.4 is 0 Å². The Bertz CT molecular complexity index is 921. The standard InChI is InChI=1S/C19H23N5O3/c1-14-17(24-7-3-6-20-19(24)21-14)18(26)23-9-8-22(15(12-23)5-10-25)13-16-4-2-11-27-16/h2-4,6-7,11,15,25H,5,8-10,12-13H2,1H3/t15-/m0/s1. The highest BCUT2D eigenvalue weighted by atomic mass is 16.3. The number of nitrogens with zero attached hydrogens (tertiary/aromatic N) is 5. The van der Waals surface area contributed by atoms with E-state index < -0.39 is 0 Å². The number of hydrogen-bond donors (Lipinski definition) is 1. The van der Waals surface area contributed by atoms with Crippen LogP contribution in [0.25, 0.3) is 5.78 Å². The minimum atomic E-state index is -0.0476. The number of carbonyl (C=O) groups excluding carboxylic acids is 1. The summed E-state index contributed by atoms with van der Waals surface area (Å²) in [5.74, 6) is 1.37. The van der Waals surface area contributed by atoms with Gasteiger partial charge in [0.2, 0.25) is 5.78 Å². The van der Waals surface area contributed by atoms with Crippen LogP contribution in [0.3, 0.4) is 0 Å². The first-order chi connectivity index (χ1) is 13.2. The van der Waals surface area contributed by atoms with E-state index in [1.165, 1.54) is 0 Å². The molecule has 4 rings (SSSR count). The molecule has 0 radical (unpaired) electrons. The Morgan fingerprint density at radius 2 is 2.26 bits per heavy atom. The van der Waals surface area contributed by atoms with E-state index in [9.17, 15) is 9.90 Å². The van der Waals surface area contributed by atoms with Crippen molar-refractivity contribution in [2.75, 3.05) is 26.2 Å². The van der Waals surface area contributed by atoms with E-state index in [4.69, 9.17) is 4.42 Å². The lowest BCUT2D eigenvalue weighted by Gasteiger charge is -2.41. The van der Waals surface area contributed by atoms with Crippen LogP contribution in [-0.2, 0) is 6.54 Å². The summed E-state index contributed by atoms with van der Waals surface area (Å²) < 4.78 is 7.20. The first-order valence-electron chi connectivity index (χ1n) is 9.13. The molecular formula is C19H23N5O3. The van der Waals surface area contributed by atoms with Gasteiger partial charge in [-0.15, -0.1) is 0 Å². The number of aliphatic hydroxyl groups is 1. The maximum absolute atomic E-state index is 13.2. The van der Waals surface area contributed by atoms with Gasteiger partial charge < -0.3 is 14.4 Å². The quantitative estimate of drug-likeness (QED) is 0.730. The zero-order valence-corrected chi connectivity index (χ0v) is 15.3. The summed E-state index contributed by atoms with van der Waals surface area (Å²) in [5, 5.41) is 9.48. The van der Waals surface area contributed by atoms with Crippen molar-refractivity contribution in [1.82, 2.24) is 24.2 Å². The summed E-state index contributed by atoms with van der Waals surface area (Å²) >= 11 is 0. The Morgan fingerprint density at radius 3 is 3.04 bits per heavy atom. The molecule has 3 aromatic rings. The van der Waals surface area contributed by atoms with Crippen molar-refractivity contribution in [2.45, 2.75) is 25.9 Å². The minimum Gasteiger partial charge on any atom is -0.468 e. The van der Waals surface area contributed by atoms with Gasteiger partial charge in [-0.1, -0.05) is 0 Å². The first-order valence-corrected chi connectivity index (χ1v) is 9.13. The number of aryl methyl sites for hydroxylation is 1. The molecule has 0 unspecified atom stereocenters. The van der Waals surface area contributed by atoms with E-state index >= 15 is 0 Å². The highest BCUT2D eigenvalue weighted by Gasteiger charge is 2.32. The SMILES string of the molecule is Cc1nc2ncccn2c1C(=O)N1CCN(Cc2ccco2)[C@@H](CCO)C1. The van der Waals surface area contributed by atoms with Gasteiger partial charge in [-0.2, -0.15) is 0 Å². The fourth-order valence-electron chi connectivity index (χ4n) is 3.72. The molecule has 1 saturated heterocycles. The lowest BCUT2D eigenvalue weighted by Crippen LogP contribution is -2.54. The second kappa shape index (κ2) is 7.50. The maximum Gasteiger partial charge on any atom is 0.272 e. The molecule has 0 aromatic carbocycles. The van der Waals surface area contributed by atoms with Gasteiger partial charge >= 0.3 is 0 Å². The molecule has 1 aliphatic heterocycles. The summed E-state index contributed by atoms with van der Waals surface area (Å²) in [4.78, 5) is 25.9. The van der Waals surface area contributed by atoms with E-state index in [2.05, 4.69) is 14.9 Å². The van der Waals surface area contributed by atoms with E-state index in [1.807, 2.05) is 30.2 Å². The maximum atomic E-state index is 13.2. The van der Waals surface area contributed by atoms with Crippen molar-refractivity contribution >= 4 is 11.7 Å². The molecule has 0 aliphatic carbocycles. The van der Waals surface area contributed by atoms with E-state index in [0.29, 0.717) is 43.2 Å². The molecule has 1 atom stereocenters. The Morgan fingerprint density at radius 1 is 1.37 bits per heavy atom. The van der Waals surface area contributed by atoms with Crippen molar-refractivity contribution in [1.29, 1.82) is 0 Å². The number of imidazole rings is 1. The summed E-state index contributed by atoms with van der Waals surface area (Å²) in [5.41, 5.74) is 1.23. The molecule has 3 aromatic heterocycles. The van der Waals surface area contributed by atoms with Gasteiger partial charge in [0.15, 0.2) is 0 Å². The van der Waals surface area contributed by atoms with Crippen LogP contribution in [-0.4, -0.2) is 67.5 Å². The number of furan rings is 1. The average Bonchev–Trinajstić information content (AvgIpc) is 3.29. The molecule has 0 saturated carbocycles. The molecular weight excluding hydrogens is 346 g/mol. The predicted molar refractivity (Wildman–Crippen MR) is 98.2 cm³/mol. The Kier molecular flexibility index (Phi) is 4.91. The Hall–Kier alpha value is -2.71. The average molecular weight is 369 g/mol. The lowest BCUT2D eigenvalue weighted by molar-refractivity contribution is 0.0367. The Balaban J connectivity index is 1.54. The van der Waals surface area contributed by atoms with E-state index in [-0.39, 0.29) is 18.6 Å². The molecule has 4 heterocycles. The van der Waals surface area contributed by atoms with E-state index in [0.717, 1.165) is 12.3 Å². The van der Waals surface area contributed by atoms with Gasteiger partial charge in [-0.05, 0) is 31.5 Å². The zero-order valence-electron chi connectivity index (χ0n) is 15.3. The molecule has 8 nitrogen and oxygen atoms in total. The van der Waals surface area contributed by atoms with Crippen LogP contribution in [0, 0.1) is 6.92 Å². The number of hydrogen-bond acceptors (Lipinski definition) is 6. The number of fused-ring (bicyclic) bond motifs is 1. The predicted octanol–water partition coefficient (Wildman–Crippen LogP) is 1.34. The van der Waals surface area contributed by atoms with Crippen LogP contribution >= 0.6 is 0 Å². The fourth-order valence-corrected chi connectivity index (χ4v) is 3.72. The third-order valence-electron chi connectivity index (χ3n) is 5.07. The number of aromatic nitrogens is 3. The highest BCUT2D eigenvalue weighted by molar-refractivity contribution is 5.94. The molecule has 1 N–H and O–H groups in total. The molecule has 0 bridgehead atoms. The largest absolute Gasteiger partial charge is 0.468 e. The first kappa shape index (κ1) is 17.7. The summed E-state index contributed by atoms with van der Waals surface area (Å²) in [6.07, 6.45) is 5.75. The monoisotopic (exact) mass is 369 g/mol. The fraction of sp³-hybridized carbons (Fsp3) is 0.421. The van der Waals surface area contributed by atoms with Crippen molar-refractivity contribution < 1.29 is 14.3 Å². The van der Waals surface area contributed by atoms with E-state index in [1.54, 1.807) is 22.9 Å². The van der Waals surface area contributed by atoms with Crippen molar-refractivity contribution in [2.24, 2.45) is 0 Å². The number of aliphatic hydroxyl groups excluding tert-OH is 1. The van der Waals surface area contributed by atoms with Gasteiger partial charge in [-0.25, -0.2) is 9.97 Å². The van der Waals surface area contributed by atoms with Crippen LogP contribution in [0.1, 0.15) is 28.4 Å². The van der Waals surface area contributed by atoms with Crippen molar-refractivity contribution in [3.8, 4) is 0 Å². The van der Waals surface area contributed by atoms with Gasteiger partial charge in [0, 0.05) is 44.7 Å². The normalized spacial score (nSPS) is 18.3. The number of carbonyl (C=O) groups is 1. The molecule has 8 heteroatoms. The smallest absolute Gasteiger partial charge is 0.272 e. The third kappa shape index (κ3) is 3.45.